The molecule has 0 radical (unpaired) electrons. The summed E-state index contributed by atoms with van der Waals surface area (Å²) in [6.07, 6.45) is 0.727. The molecule has 1 N–H and O–H groups in total. The molecule has 0 spiro atoms. The first kappa shape index (κ1) is 17.7. The molecule has 0 saturated carbocycles. The number of ether oxygens (including phenoxy) is 1. The summed E-state index contributed by atoms with van der Waals surface area (Å²) in [5.41, 5.74) is 2.75. The summed E-state index contributed by atoms with van der Waals surface area (Å²) in [6.45, 7) is 3.87. The SMILES string of the molecule is CC(C)OC(=O)CCNC(=O)c1ccccc1Cc1ccccc1. The van der Waals surface area contributed by atoms with Gasteiger partial charge in [0.1, 0.15) is 0 Å². The van der Waals surface area contributed by atoms with Crippen molar-refractivity contribution in [2.24, 2.45) is 0 Å². The number of carbonyl (C=O) groups excluding carboxylic acids is 2. The number of hydrogen-bond donors (Lipinski definition) is 1. The van der Waals surface area contributed by atoms with E-state index in [1.54, 1.807) is 19.9 Å². The van der Waals surface area contributed by atoms with Crippen LogP contribution in [0.1, 0.15) is 41.8 Å². The van der Waals surface area contributed by atoms with Crippen molar-refractivity contribution in [1.29, 1.82) is 0 Å². The van der Waals surface area contributed by atoms with Crippen molar-refractivity contribution in [2.75, 3.05) is 6.54 Å². The maximum absolute atomic E-state index is 12.4. The van der Waals surface area contributed by atoms with E-state index in [9.17, 15) is 9.59 Å². The van der Waals surface area contributed by atoms with Gasteiger partial charge in [-0.1, -0.05) is 48.5 Å². The molecule has 4 nitrogen and oxygen atoms in total. The number of rotatable bonds is 7. The summed E-state index contributed by atoms with van der Waals surface area (Å²) in [4.78, 5) is 23.9. The summed E-state index contributed by atoms with van der Waals surface area (Å²) in [5, 5.41) is 2.79. The number of amides is 1. The van der Waals surface area contributed by atoms with Gasteiger partial charge in [0.05, 0.1) is 12.5 Å². The molecule has 0 atom stereocenters. The van der Waals surface area contributed by atoms with Crippen LogP contribution < -0.4 is 5.32 Å². The Kier molecular flexibility index (Phi) is 6.55. The van der Waals surface area contributed by atoms with Crippen LogP contribution in [0.4, 0.5) is 0 Å². The number of carbonyl (C=O) groups is 2. The number of esters is 1. The molecular weight excluding hydrogens is 302 g/mol. The molecular formula is C20H23NO3. The van der Waals surface area contributed by atoms with E-state index in [1.807, 2.05) is 48.5 Å². The maximum atomic E-state index is 12.4. The molecule has 0 aliphatic heterocycles. The fourth-order valence-electron chi connectivity index (χ4n) is 2.41. The highest BCUT2D eigenvalue weighted by Gasteiger charge is 2.12. The Hall–Kier alpha value is -2.62. The Bertz CT molecular complexity index is 680. The molecule has 0 saturated heterocycles. The highest BCUT2D eigenvalue weighted by Crippen LogP contribution is 2.14. The van der Waals surface area contributed by atoms with Gasteiger partial charge in [-0.3, -0.25) is 9.59 Å². The van der Waals surface area contributed by atoms with Crippen molar-refractivity contribution in [3.63, 3.8) is 0 Å². The molecule has 4 heteroatoms. The Morgan fingerprint density at radius 2 is 1.67 bits per heavy atom. The van der Waals surface area contributed by atoms with Crippen LogP contribution in [0.2, 0.25) is 0 Å². The summed E-state index contributed by atoms with van der Waals surface area (Å²) in [6, 6.07) is 17.5. The van der Waals surface area contributed by atoms with E-state index in [-0.39, 0.29) is 30.9 Å². The lowest BCUT2D eigenvalue weighted by atomic mass is 9.99. The van der Waals surface area contributed by atoms with E-state index in [0.717, 1.165) is 11.1 Å². The zero-order valence-electron chi connectivity index (χ0n) is 14.1. The molecule has 2 rings (SSSR count). The van der Waals surface area contributed by atoms with Crippen LogP contribution in [0.25, 0.3) is 0 Å². The van der Waals surface area contributed by atoms with Crippen molar-refractivity contribution in [1.82, 2.24) is 5.32 Å². The van der Waals surface area contributed by atoms with Gasteiger partial charge in [-0.25, -0.2) is 0 Å². The van der Waals surface area contributed by atoms with Crippen LogP contribution in [-0.2, 0) is 16.0 Å². The Morgan fingerprint density at radius 1 is 1.00 bits per heavy atom. The van der Waals surface area contributed by atoms with Crippen molar-refractivity contribution < 1.29 is 14.3 Å². The molecule has 0 heterocycles. The average Bonchev–Trinajstić information content (AvgIpc) is 2.55. The van der Waals surface area contributed by atoms with E-state index < -0.39 is 0 Å². The van der Waals surface area contributed by atoms with E-state index in [0.29, 0.717) is 12.0 Å². The molecule has 0 aliphatic carbocycles. The highest BCUT2D eigenvalue weighted by molar-refractivity contribution is 5.95. The predicted molar refractivity (Wildman–Crippen MR) is 93.9 cm³/mol. The lowest BCUT2D eigenvalue weighted by Crippen LogP contribution is -2.28. The van der Waals surface area contributed by atoms with Crippen molar-refractivity contribution in [3.8, 4) is 0 Å². The van der Waals surface area contributed by atoms with Crippen LogP contribution >= 0.6 is 0 Å². The molecule has 2 aromatic carbocycles. The van der Waals surface area contributed by atoms with Crippen molar-refractivity contribution >= 4 is 11.9 Å². The number of benzene rings is 2. The maximum Gasteiger partial charge on any atom is 0.307 e. The van der Waals surface area contributed by atoms with Crippen LogP contribution in [0.5, 0.6) is 0 Å². The van der Waals surface area contributed by atoms with Gasteiger partial charge in [-0.2, -0.15) is 0 Å². The molecule has 0 aliphatic rings. The second-order valence-electron chi connectivity index (χ2n) is 5.86. The topological polar surface area (TPSA) is 55.4 Å². The second-order valence-corrected chi connectivity index (χ2v) is 5.86. The van der Waals surface area contributed by atoms with Gasteiger partial charge in [0.15, 0.2) is 0 Å². The van der Waals surface area contributed by atoms with E-state index in [1.165, 1.54) is 0 Å². The Balaban J connectivity index is 1.96. The van der Waals surface area contributed by atoms with Crippen LogP contribution in [-0.4, -0.2) is 24.5 Å². The number of nitrogens with one attached hydrogen (secondary N) is 1. The zero-order chi connectivity index (χ0) is 17.4. The van der Waals surface area contributed by atoms with Gasteiger partial charge in [0.25, 0.3) is 5.91 Å². The fourth-order valence-corrected chi connectivity index (χ4v) is 2.41. The Morgan fingerprint density at radius 3 is 2.38 bits per heavy atom. The molecule has 2 aromatic rings. The highest BCUT2D eigenvalue weighted by atomic mass is 16.5. The predicted octanol–water partition coefficient (Wildman–Crippen LogP) is 3.35. The molecule has 126 valence electrons. The second kappa shape index (κ2) is 8.87. The normalized spacial score (nSPS) is 10.5. The molecule has 0 unspecified atom stereocenters. The van der Waals surface area contributed by atoms with Gasteiger partial charge in [-0.15, -0.1) is 0 Å². The van der Waals surface area contributed by atoms with Gasteiger partial charge in [0, 0.05) is 12.1 Å². The largest absolute Gasteiger partial charge is 0.463 e. The van der Waals surface area contributed by atoms with Gasteiger partial charge in [0.2, 0.25) is 0 Å². The lowest BCUT2D eigenvalue weighted by Gasteiger charge is -2.11. The third-order valence-corrected chi connectivity index (χ3v) is 3.48. The minimum Gasteiger partial charge on any atom is -0.463 e. The minimum absolute atomic E-state index is 0.139. The summed E-state index contributed by atoms with van der Waals surface area (Å²) >= 11 is 0. The first-order chi connectivity index (χ1) is 11.6. The first-order valence-electron chi connectivity index (χ1n) is 8.16. The quantitative estimate of drug-likeness (QED) is 0.794. The summed E-state index contributed by atoms with van der Waals surface area (Å²) in [5.74, 6) is -0.471. The molecule has 0 fully saturated rings. The van der Waals surface area contributed by atoms with Crippen LogP contribution in [0.15, 0.2) is 54.6 Å². The van der Waals surface area contributed by atoms with Crippen molar-refractivity contribution in [3.05, 3.63) is 71.3 Å². The van der Waals surface area contributed by atoms with Crippen LogP contribution in [0.3, 0.4) is 0 Å². The molecule has 1 amide bonds. The van der Waals surface area contributed by atoms with E-state index >= 15 is 0 Å². The lowest BCUT2D eigenvalue weighted by molar-refractivity contribution is -0.147. The van der Waals surface area contributed by atoms with E-state index in [4.69, 9.17) is 4.74 Å². The van der Waals surface area contributed by atoms with Gasteiger partial charge >= 0.3 is 5.97 Å². The number of hydrogen-bond acceptors (Lipinski definition) is 3. The van der Waals surface area contributed by atoms with E-state index in [2.05, 4.69) is 5.32 Å². The standard InChI is InChI=1S/C20H23NO3/c1-15(2)24-19(22)12-13-21-20(23)18-11-7-6-10-17(18)14-16-8-4-3-5-9-16/h3-11,15H,12-14H2,1-2H3,(H,21,23). The Labute approximate surface area is 142 Å². The summed E-state index contributed by atoms with van der Waals surface area (Å²) in [7, 11) is 0. The van der Waals surface area contributed by atoms with Crippen LogP contribution in [0, 0.1) is 0 Å². The monoisotopic (exact) mass is 325 g/mol. The first-order valence-corrected chi connectivity index (χ1v) is 8.16. The minimum atomic E-state index is -0.303. The summed E-state index contributed by atoms with van der Waals surface area (Å²) < 4.78 is 5.05. The van der Waals surface area contributed by atoms with Gasteiger partial charge in [-0.05, 0) is 37.5 Å². The smallest absolute Gasteiger partial charge is 0.307 e. The third kappa shape index (κ3) is 5.54. The van der Waals surface area contributed by atoms with Crippen molar-refractivity contribution in [2.45, 2.75) is 32.8 Å². The fraction of sp³-hybridized carbons (Fsp3) is 0.300. The van der Waals surface area contributed by atoms with Gasteiger partial charge < -0.3 is 10.1 Å². The molecule has 0 bridgehead atoms. The average molecular weight is 325 g/mol. The zero-order valence-corrected chi connectivity index (χ0v) is 14.1. The molecule has 0 aromatic heterocycles. The molecule has 24 heavy (non-hydrogen) atoms. The third-order valence-electron chi connectivity index (χ3n) is 3.48.